The lowest BCUT2D eigenvalue weighted by Crippen LogP contribution is -2.00. The molecule has 0 atom stereocenters. The molecule has 0 aliphatic heterocycles. The summed E-state index contributed by atoms with van der Waals surface area (Å²) in [6.45, 7) is 19.2. The minimum atomic E-state index is 0.377. The number of aromatic hydroxyl groups is 2. The van der Waals surface area contributed by atoms with Crippen LogP contribution in [0.25, 0.3) is 0 Å². The number of aryl methyl sites for hydroxylation is 4. The second kappa shape index (κ2) is 18.0. The number of rotatable bonds is 18. The van der Waals surface area contributed by atoms with Gasteiger partial charge in [0.25, 0.3) is 0 Å². The van der Waals surface area contributed by atoms with Crippen molar-refractivity contribution in [1.82, 2.24) is 0 Å². The van der Waals surface area contributed by atoms with E-state index >= 15 is 0 Å². The first-order chi connectivity index (χ1) is 19.5. The molecule has 0 aromatic heterocycles. The van der Waals surface area contributed by atoms with E-state index in [2.05, 4.69) is 89.6 Å². The highest BCUT2D eigenvalue weighted by Gasteiger charge is 2.12. The molecule has 0 radical (unpaired) electrons. The largest absolute Gasteiger partial charge is 0.507 e. The highest BCUT2D eigenvalue weighted by Crippen LogP contribution is 2.28. The van der Waals surface area contributed by atoms with Crippen LogP contribution in [0, 0.1) is 23.7 Å². The topological polar surface area (TPSA) is 65.2 Å². The predicted octanol–water partition coefficient (Wildman–Crippen LogP) is 9.38. The normalized spacial score (nSPS) is 12.4. The van der Waals surface area contributed by atoms with Crippen molar-refractivity contribution in [3.63, 3.8) is 0 Å². The van der Waals surface area contributed by atoms with Crippen LogP contribution in [0.5, 0.6) is 11.5 Å². The minimum absolute atomic E-state index is 0.377. The zero-order valence-electron chi connectivity index (χ0n) is 27.3. The van der Waals surface area contributed by atoms with E-state index in [0.717, 1.165) is 80.0 Å². The van der Waals surface area contributed by atoms with E-state index in [0.29, 0.717) is 48.3 Å². The Bertz CT molecular complexity index is 1020. The minimum Gasteiger partial charge on any atom is -0.507 e. The summed E-state index contributed by atoms with van der Waals surface area (Å²) >= 11 is 0. The molecule has 0 fully saturated rings. The molecule has 2 aromatic rings. The molecule has 0 unspecified atom stereocenters. The lowest BCUT2D eigenvalue weighted by Gasteiger charge is -2.13. The van der Waals surface area contributed by atoms with Gasteiger partial charge < -0.3 is 10.2 Å². The Kier molecular flexibility index (Phi) is 15.2. The SMILES string of the molecule is CC(C)CCc1cc(C=NCCCN=Cc2cc(CCC(C)C)cc(CCC(C)C)c2O)c(O)c(CCC(C)C)c1. The van der Waals surface area contributed by atoms with E-state index in [-0.39, 0.29) is 0 Å². The van der Waals surface area contributed by atoms with Crippen LogP contribution in [0.1, 0.15) is 121 Å². The summed E-state index contributed by atoms with van der Waals surface area (Å²) in [6, 6.07) is 8.58. The number of aliphatic imine (C=N–C) groups is 2. The average molecular weight is 563 g/mol. The Morgan fingerprint density at radius 3 is 1.22 bits per heavy atom. The molecule has 0 aliphatic carbocycles. The molecule has 0 spiro atoms. The summed E-state index contributed by atoms with van der Waals surface area (Å²) in [4.78, 5) is 9.28. The smallest absolute Gasteiger partial charge is 0.127 e. The summed E-state index contributed by atoms with van der Waals surface area (Å²) in [5.41, 5.74) is 6.29. The molecule has 2 aromatic carbocycles. The lowest BCUT2D eigenvalue weighted by molar-refractivity contribution is 0.461. The molecule has 0 bridgehead atoms. The second-order valence-electron chi connectivity index (χ2n) is 13.5. The van der Waals surface area contributed by atoms with Crippen molar-refractivity contribution in [1.29, 1.82) is 0 Å². The molecule has 2 rings (SSSR count). The van der Waals surface area contributed by atoms with E-state index in [1.54, 1.807) is 0 Å². The average Bonchev–Trinajstić information content (AvgIpc) is 2.90. The van der Waals surface area contributed by atoms with Crippen molar-refractivity contribution in [3.05, 3.63) is 57.6 Å². The maximum Gasteiger partial charge on any atom is 0.127 e. The zero-order chi connectivity index (χ0) is 30.4. The predicted molar refractivity (Wildman–Crippen MR) is 178 cm³/mol. The van der Waals surface area contributed by atoms with Crippen LogP contribution in [0.2, 0.25) is 0 Å². The van der Waals surface area contributed by atoms with Crippen LogP contribution in [0.3, 0.4) is 0 Å². The highest BCUT2D eigenvalue weighted by molar-refractivity contribution is 5.85. The molecule has 0 saturated carbocycles. The maximum atomic E-state index is 10.9. The fraction of sp³-hybridized carbons (Fsp3) is 0.622. The van der Waals surface area contributed by atoms with E-state index in [4.69, 9.17) is 0 Å². The van der Waals surface area contributed by atoms with Gasteiger partial charge in [-0.05, 0) is 116 Å². The molecule has 2 N–H and O–H groups in total. The number of hydrogen-bond donors (Lipinski definition) is 2. The van der Waals surface area contributed by atoms with Gasteiger partial charge in [-0.25, -0.2) is 0 Å². The molecule has 4 heteroatoms. The first kappa shape index (κ1) is 34.6. The third-order valence-corrected chi connectivity index (χ3v) is 7.59. The Balaban J connectivity index is 2.05. The second-order valence-corrected chi connectivity index (χ2v) is 13.5. The van der Waals surface area contributed by atoms with E-state index in [1.807, 2.05) is 12.4 Å². The number of benzene rings is 2. The fourth-order valence-electron chi connectivity index (χ4n) is 4.82. The number of nitrogens with zero attached hydrogens (tertiary/aromatic N) is 2. The summed E-state index contributed by atoms with van der Waals surface area (Å²) in [5.74, 6) is 3.25. The van der Waals surface area contributed by atoms with Gasteiger partial charge in [0, 0.05) is 36.6 Å². The summed E-state index contributed by atoms with van der Waals surface area (Å²) in [5, 5.41) is 21.9. The van der Waals surface area contributed by atoms with Gasteiger partial charge in [-0.3, -0.25) is 9.98 Å². The molecule has 0 aliphatic rings. The Morgan fingerprint density at radius 2 is 0.878 bits per heavy atom. The van der Waals surface area contributed by atoms with Gasteiger partial charge in [0.2, 0.25) is 0 Å². The lowest BCUT2D eigenvalue weighted by atomic mass is 9.94. The van der Waals surface area contributed by atoms with Crippen molar-refractivity contribution >= 4 is 12.4 Å². The van der Waals surface area contributed by atoms with Crippen molar-refractivity contribution in [2.75, 3.05) is 13.1 Å². The molecule has 0 saturated heterocycles. The van der Waals surface area contributed by atoms with E-state index in [9.17, 15) is 10.2 Å². The third-order valence-electron chi connectivity index (χ3n) is 7.59. The van der Waals surface area contributed by atoms with Crippen LogP contribution >= 0.6 is 0 Å². The van der Waals surface area contributed by atoms with Gasteiger partial charge in [0.05, 0.1) is 0 Å². The molecule has 4 nitrogen and oxygen atoms in total. The molecular weight excluding hydrogens is 504 g/mol. The van der Waals surface area contributed by atoms with Gasteiger partial charge in [0.15, 0.2) is 0 Å². The first-order valence-corrected chi connectivity index (χ1v) is 16.1. The van der Waals surface area contributed by atoms with Crippen LogP contribution in [-0.2, 0) is 25.7 Å². The molecule has 0 amide bonds. The quantitative estimate of drug-likeness (QED) is 0.140. The maximum absolute atomic E-state index is 10.9. The van der Waals surface area contributed by atoms with Gasteiger partial charge >= 0.3 is 0 Å². The summed E-state index contributed by atoms with van der Waals surface area (Å²) in [7, 11) is 0. The molecule has 228 valence electrons. The van der Waals surface area contributed by atoms with Crippen molar-refractivity contribution < 1.29 is 10.2 Å². The van der Waals surface area contributed by atoms with Crippen molar-refractivity contribution in [3.8, 4) is 11.5 Å². The summed E-state index contributed by atoms with van der Waals surface area (Å²) < 4.78 is 0. The number of phenolic OH excluding ortho intramolecular Hbond substituents is 2. The molecule has 0 heterocycles. The third kappa shape index (κ3) is 13.3. The van der Waals surface area contributed by atoms with Gasteiger partial charge in [-0.2, -0.15) is 0 Å². The van der Waals surface area contributed by atoms with Gasteiger partial charge in [-0.15, -0.1) is 0 Å². The molecule has 41 heavy (non-hydrogen) atoms. The monoisotopic (exact) mass is 562 g/mol. The van der Waals surface area contributed by atoms with Gasteiger partial charge in [0.1, 0.15) is 11.5 Å². The highest BCUT2D eigenvalue weighted by atomic mass is 16.3. The van der Waals surface area contributed by atoms with Crippen LogP contribution < -0.4 is 0 Å². The Labute approximate surface area is 251 Å². The van der Waals surface area contributed by atoms with E-state index < -0.39 is 0 Å². The van der Waals surface area contributed by atoms with Crippen molar-refractivity contribution in [2.45, 2.75) is 113 Å². The first-order valence-electron chi connectivity index (χ1n) is 16.1. The van der Waals surface area contributed by atoms with Gasteiger partial charge in [-0.1, -0.05) is 67.5 Å². The number of hydrogen-bond acceptors (Lipinski definition) is 4. The van der Waals surface area contributed by atoms with Crippen LogP contribution in [0.15, 0.2) is 34.3 Å². The Hall–Kier alpha value is -2.62. The van der Waals surface area contributed by atoms with Crippen molar-refractivity contribution in [2.24, 2.45) is 33.7 Å². The standard InChI is InChI=1S/C37H58N2O2/c1-26(2)10-14-30-20-32(16-12-28(5)6)36(40)34(22-30)24-38-18-9-19-39-25-35-23-31(15-11-27(3)4)21-33(37(35)41)17-13-29(7)8/h20-29,40-41H,9-19H2,1-8H3. The Morgan fingerprint density at radius 1 is 0.537 bits per heavy atom. The zero-order valence-corrected chi connectivity index (χ0v) is 27.3. The summed E-state index contributed by atoms with van der Waals surface area (Å²) in [6.07, 6.45) is 12.7. The van der Waals surface area contributed by atoms with E-state index in [1.165, 1.54) is 11.1 Å². The number of phenols is 2. The molecular formula is C37H58N2O2. The van der Waals surface area contributed by atoms with Crippen LogP contribution in [-0.4, -0.2) is 35.7 Å². The fourth-order valence-corrected chi connectivity index (χ4v) is 4.82. The van der Waals surface area contributed by atoms with Crippen LogP contribution in [0.4, 0.5) is 0 Å².